The normalized spacial score (nSPS) is 19.9. The maximum absolute atomic E-state index is 4.77. The van der Waals surface area contributed by atoms with Crippen molar-refractivity contribution in [3.63, 3.8) is 0 Å². The van der Waals surface area contributed by atoms with Gasteiger partial charge < -0.3 is 10.2 Å². The minimum Gasteiger partial charge on any atom is -0.338 e. The van der Waals surface area contributed by atoms with E-state index in [0.29, 0.717) is 6.04 Å². The molecule has 118 valence electrons. The van der Waals surface area contributed by atoms with Gasteiger partial charge in [0.15, 0.2) is 0 Å². The van der Waals surface area contributed by atoms with E-state index in [0.717, 1.165) is 24.7 Å². The van der Waals surface area contributed by atoms with E-state index >= 15 is 0 Å². The summed E-state index contributed by atoms with van der Waals surface area (Å²) in [5.41, 5.74) is 2.40. The fraction of sp³-hybridized carbons (Fsp3) is 0.765. The molecular weight excluding hydrogens is 260 g/mol. The van der Waals surface area contributed by atoms with Crippen LogP contribution >= 0.6 is 0 Å². The first-order chi connectivity index (χ1) is 9.90. The summed E-state index contributed by atoms with van der Waals surface area (Å²) < 4.78 is 0. The Balaban J connectivity index is 2.10. The van der Waals surface area contributed by atoms with Crippen molar-refractivity contribution in [3.8, 4) is 0 Å². The van der Waals surface area contributed by atoms with E-state index in [1.54, 1.807) is 0 Å². The average molecular weight is 290 g/mol. The second kappa shape index (κ2) is 6.73. The zero-order valence-corrected chi connectivity index (χ0v) is 14.2. The molecule has 0 aromatic carbocycles. The molecule has 0 spiro atoms. The standard InChI is InChI=1S/C17H30N4/c1-6-15-9-7-8-10-21(15)16-18-11-14(13(2)20-16)12-19-17(3,4)5/h11,15,19H,6-10,12H2,1-5H3. The van der Waals surface area contributed by atoms with E-state index in [1.165, 1.54) is 31.2 Å². The van der Waals surface area contributed by atoms with Crippen molar-refractivity contribution in [3.05, 3.63) is 17.5 Å². The van der Waals surface area contributed by atoms with Crippen molar-refractivity contribution in [2.45, 2.75) is 78.4 Å². The van der Waals surface area contributed by atoms with Crippen LogP contribution in [0.15, 0.2) is 6.20 Å². The van der Waals surface area contributed by atoms with E-state index in [4.69, 9.17) is 4.98 Å². The highest BCUT2D eigenvalue weighted by Crippen LogP contribution is 2.24. The minimum absolute atomic E-state index is 0.116. The first-order valence-electron chi connectivity index (χ1n) is 8.25. The molecule has 0 amide bonds. The third-order valence-corrected chi connectivity index (χ3v) is 4.23. The summed E-state index contributed by atoms with van der Waals surface area (Å²) in [5, 5.41) is 3.50. The van der Waals surface area contributed by atoms with Crippen LogP contribution in [0.2, 0.25) is 0 Å². The van der Waals surface area contributed by atoms with Gasteiger partial charge in [0.25, 0.3) is 0 Å². The van der Waals surface area contributed by atoms with Gasteiger partial charge in [-0.15, -0.1) is 0 Å². The number of piperidine rings is 1. The number of nitrogens with one attached hydrogen (secondary N) is 1. The Morgan fingerprint density at radius 1 is 1.33 bits per heavy atom. The van der Waals surface area contributed by atoms with Gasteiger partial charge in [0, 0.05) is 42.1 Å². The number of aromatic nitrogens is 2. The number of aryl methyl sites for hydroxylation is 1. The summed E-state index contributed by atoms with van der Waals surface area (Å²) in [5.74, 6) is 0.915. The van der Waals surface area contributed by atoms with Crippen LogP contribution in [0.1, 0.15) is 64.6 Å². The number of hydrogen-bond donors (Lipinski definition) is 1. The summed E-state index contributed by atoms with van der Waals surface area (Å²) in [6.45, 7) is 12.8. The van der Waals surface area contributed by atoms with E-state index < -0.39 is 0 Å². The van der Waals surface area contributed by atoms with Gasteiger partial charge in [0.1, 0.15) is 0 Å². The van der Waals surface area contributed by atoms with Crippen molar-refractivity contribution >= 4 is 5.95 Å². The lowest BCUT2D eigenvalue weighted by Crippen LogP contribution is -2.40. The van der Waals surface area contributed by atoms with Gasteiger partial charge in [0.2, 0.25) is 5.95 Å². The molecular formula is C17H30N4. The molecule has 1 N–H and O–H groups in total. The molecule has 2 rings (SSSR count). The number of rotatable bonds is 4. The van der Waals surface area contributed by atoms with Crippen molar-refractivity contribution < 1.29 is 0 Å². The maximum atomic E-state index is 4.77. The van der Waals surface area contributed by atoms with Crippen LogP contribution in [0.25, 0.3) is 0 Å². The molecule has 4 heteroatoms. The van der Waals surface area contributed by atoms with Gasteiger partial charge in [-0.2, -0.15) is 0 Å². The second-order valence-corrected chi connectivity index (χ2v) is 7.14. The first-order valence-corrected chi connectivity index (χ1v) is 8.25. The molecule has 0 saturated carbocycles. The molecule has 1 aliphatic rings. The van der Waals surface area contributed by atoms with Gasteiger partial charge >= 0.3 is 0 Å². The zero-order chi connectivity index (χ0) is 15.5. The quantitative estimate of drug-likeness (QED) is 0.922. The lowest BCUT2D eigenvalue weighted by Gasteiger charge is -2.35. The highest BCUT2D eigenvalue weighted by Gasteiger charge is 2.23. The first kappa shape index (κ1) is 16.2. The van der Waals surface area contributed by atoms with Crippen molar-refractivity contribution in [2.75, 3.05) is 11.4 Å². The number of anilines is 1. The van der Waals surface area contributed by atoms with E-state index in [2.05, 4.69) is 49.8 Å². The second-order valence-electron chi connectivity index (χ2n) is 7.14. The van der Waals surface area contributed by atoms with Gasteiger partial charge in [-0.1, -0.05) is 6.92 Å². The third kappa shape index (κ3) is 4.40. The predicted molar refractivity (Wildman–Crippen MR) is 88.6 cm³/mol. The molecule has 0 radical (unpaired) electrons. The Kier molecular flexibility index (Phi) is 5.20. The van der Waals surface area contributed by atoms with Crippen LogP contribution in [-0.2, 0) is 6.54 Å². The fourth-order valence-corrected chi connectivity index (χ4v) is 2.84. The largest absolute Gasteiger partial charge is 0.338 e. The maximum Gasteiger partial charge on any atom is 0.225 e. The Labute approximate surface area is 129 Å². The molecule has 0 bridgehead atoms. The highest BCUT2D eigenvalue weighted by molar-refractivity contribution is 5.35. The van der Waals surface area contributed by atoms with Crippen LogP contribution in [-0.4, -0.2) is 28.1 Å². The van der Waals surface area contributed by atoms with Crippen LogP contribution in [0.5, 0.6) is 0 Å². The van der Waals surface area contributed by atoms with Crippen molar-refractivity contribution in [1.29, 1.82) is 0 Å². The molecule has 1 aromatic rings. The Morgan fingerprint density at radius 3 is 2.71 bits per heavy atom. The summed E-state index contributed by atoms with van der Waals surface area (Å²) in [6, 6.07) is 0.608. The summed E-state index contributed by atoms with van der Waals surface area (Å²) in [6.07, 6.45) is 7.04. The molecule has 2 heterocycles. The topological polar surface area (TPSA) is 41.1 Å². The molecule has 4 nitrogen and oxygen atoms in total. The van der Waals surface area contributed by atoms with Crippen LogP contribution in [0.3, 0.4) is 0 Å². The lowest BCUT2D eigenvalue weighted by atomic mass is 10.0. The Hall–Kier alpha value is -1.16. The fourth-order valence-electron chi connectivity index (χ4n) is 2.84. The minimum atomic E-state index is 0.116. The highest BCUT2D eigenvalue weighted by atomic mass is 15.3. The lowest BCUT2D eigenvalue weighted by molar-refractivity contribution is 0.422. The van der Waals surface area contributed by atoms with E-state index in [1.807, 2.05) is 6.20 Å². The van der Waals surface area contributed by atoms with E-state index in [9.17, 15) is 0 Å². The smallest absolute Gasteiger partial charge is 0.225 e. The molecule has 1 saturated heterocycles. The number of hydrogen-bond acceptors (Lipinski definition) is 4. The third-order valence-electron chi connectivity index (χ3n) is 4.23. The molecule has 1 atom stereocenters. The van der Waals surface area contributed by atoms with Gasteiger partial charge in [0.05, 0.1) is 0 Å². The molecule has 1 fully saturated rings. The summed E-state index contributed by atoms with van der Waals surface area (Å²) in [7, 11) is 0. The van der Waals surface area contributed by atoms with Gasteiger partial charge in [-0.05, 0) is 53.4 Å². The monoisotopic (exact) mass is 290 g/mol. The van der Waals surface area contributed by atoms with Crippen molar-refractivity contribution in [1.82, 2.24) is 15.3 Å². The molecule has 0 aliphatic carbocycles. The summed E-state index contributed by atoms with van der Waals surface area (Å²) in [4.78, 5) is 11.8. The van der Waals surface area contributed by atoms with Crippen LogP contribution in [0, 0.1) is 6.92 Å². The van der Waals surface area contributed by atoms with Gasteiger partial charge in [-0.3, -0.25) is 0 Å². The molecule has 1 unspecified atom stereocenters. The summed E-state index contributed by atoms with van der Waals surface area (Å²) >= 11 is 0. The molecule has 1 aromatic heterocycles. The predicted octanol–water partition coefficient (Wildman–Crippen LogP) is 3.44. The molecule has 1 aliphatic heterocycles. The Morgan fingerprint density at radius 2 is 2.10 bits per heavy atom. The SMILES string of the molecule is CCC1CCCCN1c1ncc(CNC(C)(C)C)c(C)n1. The zero-order valence-electron chi connectivity index (χ0n) is 14.2. The van der Waals surface area contributed by atoms with E-state index in [-0.39, 0.29) is 5.54 Å². The van der Waals surface area contributed by atoms with Gasteiger partial charge in [-0.25, -0.2) is 9.97 Å². The average Bonchev–Trinajstić information content (AvgIpc) is 2.45. The number of nitrogens with zero attached hydrogens (tertiary/aromatic N) is 3. The molecule has 21 heavy (non-hydrogen) atoms. The van der Waals surface area contributed by atoms with Crippen molar-refractivity contribution in [2.24, 2.45) is 0 Å². The van der Waals surface area contributed by atoms with Crippen LogP contribution < -0.4 is 10.2 Å². The Bertz CT molecular complexity index is 464. The van der Waals surface area contributed by atoms with Crippen LogP contribution in [0.4, 0.5) is 5.95 Å².